The number of aliphatic carboxylic acids is 1. The van der Waals surface area contributed by atoms with Crippen LogP contribution in [-0.4, -0.2) is 30.5 Å². The maximum atomic E-state index is 11.7. The summed E-state index contributed by atoms with van der Waals surface area (Å²) in [6.07, 6.45) is 2.38. The molecule has 0 aliphatic rings. The number of halogens is 1. The molecule has 0 aliphatic carbocycles. The maximum Gasteiger partial charge on any atom is 0.323 e. The van der Waals surface area contributed by atoms with Gasteiger partial charge in [-0.1, -0.05) is 11.6 Å². The number of rotatable bonds is 2. The van der Waals surface area contributed by atoms with Crippen LogP contribution in [0.4, 0.5) is 0 Å². The van der Waals surface area contributed by atoms with Gasteiger partial charge in [0.25, 0.3) is 5.56 Å². The molecule has 1 N–H and O–H groups in total. The van der Waals surface area contributed by atoms with Crippen molar-refractivity contribution < 1.29 is 9.90 Å². The van der Waals surface area contributed by atoms with E-state index in [9.17, 15) is 9.59 Å². The molecule has 0 saturated carbocycles. The number of aromatic nitrogens is 4. The zero-order chi connectivity index (χ0) is 11.0. The number of carboxylic acids is 1. The predicted octanol–water partition coefficient (Wildman–Crippen LogP) is -0.371. The van der Waals surface area contributed by atoms with Crippen molar-refractivity contribution in [3.8, 4) is 0 Å². The highest BCUT2D eigenvalue weighted by Gasteiger charge is 2.11. The van der Waals surface area contributed by atoms with E-state index < -0.39 is 18.1 Å². The lowest BCUT2D eigenvalue weighted by Gasteiger charge is -2.00. The van der Waals surface area contributed by atoms with Crippen LogP contribution in [0.3, 0.4) is 0 Å². The van der Waals surface area contributed by atoms with Crippen LogP contribution in [0.1, 0.15) is 0 Å². The Balaban J connectivity index is 2.69. The Hall–Kier alpha value is -1.89. The molecule has 0 unspecified atom stereocenters. The van der Waals surface area contributed by atoms with Gasteiger partial charge in [0.1, 0.15) is 12.9 Å². The van der Waals surface area contributed by atoms with Gasteiger partial charge in [-0.05, 0) is 0 Å². The summed E-state index contributed by atoms with van der Waals surface area (Å²) in [5.74, 6) is -1.13. The van der Waals surface area contributed by atoms with Crippen LogP contribution in [0.5, 0.6) is 0 Å². The maximum absolute atomic E-state index is 11.7. The topological polar surface area (TPSA) is 89.5 Å². The fourth-order valence-electron chi connectivity index (χ4n) is 1.15. The third-order valence-electron chi connectivity index (χ3n) is 1.78. The molecule has 0 radical (unpaired) electrons. The van der Waals surface area contributed by atoms with Crippen molar-refractivity contribution in [3.05, 3.63) is 27.9 Å². The van der Waals surface area contributed by atoms with Crippen molar-refractivity contribution in [1.82, 2.24) is 19.4 Å². The van der Waals surface area contributed by atoms with E-state index in [2.05, 4.69) is 10.2 Å². The smallest absolute Gasteiger partial charge is 0.323 e. The molecular weight excluding hydrogens is 224 g/mol. The van der Waals surface area contributed by atoms with Crippen LogP contribution in [-0.2, 0) is 11.3 Å². The molecule has 0 amide bonds. The number of nitrogens with zero attached hydrogens (tertiary/aromatic N) is 4. The molecule has 0 aliphatic heterocycles. The summed E-state index contributed by atoms with van der Waals surface area (Å²) in [5, 5.41) is 16.1. The average molecular weight is 229 g/mol. The van der Waals surface area contributed by atoms with E-state index in [4.69, 9.17) is 16.7 Å². The first-order valence-corrected chi connectivity index (χ1v) is 4.28. The quantitative estimate of drug-likeness (QED) is 0.757. The minimum Gasteiger partial charge on any atom is -0.480 e. The average Bonchev–Trinajstić information content (AvgIpc) is 2.53. The lowest BCUT2D eigenvalue weighted by atomic mass is 10.5. The highest BCUT2D eigenvalue weighted by Crippen LogP contribution is 2.10. The van der Waals surface area contributed by atoms with Crippen molar-refractivity contribution >= 4 is 23.1 Å². The second-order valence-corrected chi connectivity index (χ2v) is 3.20. The Morgan fingerprint density at radius 2 is 2.27 bits per heavy atom. The van der Waals surface area contributed by atoms with E-state index in [-0.39, 0.29) is 10.5 Å². The largest absolute Gasteiger partial charge is 0.480 e. The first-order valence-electron chi connectivity index (χ1n) is 3.90. The normalized spacial score (nSPS) is 10.7. The number of hydrogen-bond donors (Lipinski definition) is 1. The van der Waals surface area contributed by atoms with Crippen LogP contribution < -0.4 is 5.56 Å². The monoisotopic (exact) mass is 228 g/mol. The van der Waals surface area contributed by atoms with Crippen molar-refractivity contribution in [2.24, 2.45) is 0 Å². The molecule has 2 aromatic rings. The van der Waals surface area contributed by atoms with Gasteiger partial charge in [-0.25, -0.2) is 0 Å². The van der Waals surface area contributed by atoms with E-state index in [0.29, 0.717) is 0 Å². The Bertz CT molecular complexity index is 587. The minimum atomic E-state index is -1.13. The molecule has 2 aromatic heterocycles. The van der Waals surface area contributed by atoms with Gasteiger partial charge in [0.2, 0.25) is 0 Å². The Morgan fingerprint density at radius 3 is 2.93 bits per heavy atom. The van der Waals surface area contributed by atoms with Crippen molar-refractivity contribution in [3.63, 3.8) is 0 Å². The Labute approximate surface area is 87.5 Å². The SMILES string of the molecule is O=C(O)Cn1cnn2ncc(Cl)c2c1=O. The van der Waals surface area contributed by atoms with E-state index in [1.54, 1.807) is 0 Å². The van der Waals surface area contributed by atoms with Crippen LogP contribution in [0.25, 0.3) is 5.52 Å². The molecule has 7 nitrogen and oxygen atoms in total. The highest BCUT2D eigenvalue weighted by atomic mass is 35.5. The molecule has 0 saturated heterocycles. The summed E-state index contributed by atoms with van der Waals surface area (Å²) in [4.78, 5) is 22.1. The third-order valence-corrected chi connectivity index (χ3v) is 2.05. The van der Waals surface area contributed by atoms with E-state index in [1.165, 1.54) is 6.20 Å². The zero-order valence-corrected chi connectivity index (χ0v) is 8.05. The van der Waals surface area contributed by atoms with Gasteiger partial charge in [-0.3, -0.25) is 14.2 Å². The van der Waals surface area contributed by atoms with Crippen LogP contribution in [0.2, 0.25) is 5.02 Å². The summed E-state index contributed by atoms with van der Waals surface area (Å²) in [7, 11) is 0. The van der Waals surface area contributed by atoms with Crippen LogP contribution in [0, 0.1) is 0 Å². The summed E-state index contributed by atoms with van der Waals surface area (Å²) in [6, 6.07) is 0. The second kappa shape index (κ2) is 3.35. The van der Waals surface area contributed by atoms with Crippen LogP contribution >= 0.6 is 11.6 Å². The van der Waals surface area contributed by atoms with Gasteiger partial charge in [0.05, 0.1) is 11.2 Å². The molecule has 2 rings (SSSR count). The van der Waals surface area contributed by atoms with Crippen molar-refractivity contribution in [2.75, 3.05) is 0 Å². The molecule has 78 valence electrons. The fourth-order valence-corrected chi connectivity index (χ4v) is 1.35. The summed E-state index contributed by atoms with van der Waals surface area (Å²) in [5.41, 5.74) is -0.463. The molecule has 0 bridgehead atoms. The molecule has 0 atom stereocenters. The Morgan fingerprint density at radius 1 is 1.53 bits per heavy atom. The molecule has 15 heavy (non-hydrogen) atoms. The van der Waals surface area contributed by atoms with Crippen molar-refractivity contribution in [2.45, 2.75) is 6.54 Å². The van der Waals surface area contributed by atoms with Gasteiger partial charge in [-0.2, -0.15) is 5.10 Å². The van der Waals surface area contributed by atoms with Gasteiger partial charge in [-0.15, -0.1) is 9.73 Å². The molecule has 2 heterocycles. The summed E-state index contributed by atoms with van der Waals surface area (Å²) >= 11 is 5.70. The van der Waals surface area contributed by atoms with Crippen LogP contribution in [0.15, 0.2) is 17.3 Å². The van der Waals surface area contributed by atoms with Crippen molar-refractivity contribution in [1.29, 1.82) is 0 Å². The third kappa shape index (κ3) is 1.57. The van der Waals surface area contributed by atoms with Gasteiger partial charge < -0.3 is 5.11 Å². The summed E-state index contributed by atoms with van der Waals surface area (Å²) in [6.45, 7) is -0.455. The van der Waals surface area contributed by atoms with E-state index in [1.807, 2.05) is 0 Å². The summed E-state index contributed by atoms with van der Waals surface area (Å²) < 4.78 is 2.01. The lowest BCUT2D eigenvalue weighted by Crippen LogP contribution is -2.26. The number of hydrogen-bond acceptors (Lipinski definition) is 4. The molecule has 0 spiro atoms. The number of carbonyl (C=O) groups is 1. The van der Waals surface area contributed by atoms with Gasteiger partial charge >= 0.3 is 5.97 Å². The lowest BCUT2D eigenvalue weighted by molar-refractivity contribution is -0.137. The number of carboxylic acid groups (broad SMARTS) is 1. The molecule has 8 heteroatoms. The highest BCUT2D eigenvalue weighted by molar-refractivity contribution is 6.33. The van der Waals surface area contributed by atoms with E-state index in [0.717, 1.165) is 15.5 Å². The number of fused-ring (bicyclic) bond motifs is 1. The molecule has 0 fully saturated rings. The first-order chi connectivity index (χ1) is 7.09. The minimum absolute atomic E-state index is 0.0698. The molecule has 0 aromatic carbocycles. The standard InChI is InChI=1S/C7H5ClN4O3/c8-4-1-9-12-6(4)7(15)11(3-10-12)2-5(13)14/h1,3H,2H2,(H,13,14). The van der Waals surface area contributed by atoms with Gasteiger partial charge in [0, 0.05) is 0 Å². The predicted molar refractivity (Wildman–Crippen MR) is 49.9 cm³/mol. The zero-order valence-electron chi connectivity index (χ0n) is 7.29. The first kappa shape index (κ1) is 9.66. The van der Waals surface area contributed by atoms with Gasteiger partial charge in [0.15, 0.2) is 5.52 Å². The fraction of sp³-hybridized carbons (Fsp3) is 0.143. The molecular formula is C7H5ClN4O3. The second-order valence-electron chi connectivity index (χ2n) is 2.79. The Kier molecular flexibility index (Phi) is 2.16. The van der Waals surface area contributed by atoms with E-state index >= 15 is 0 Å².